The molecule has 0 aliphatic rings. The SMILES string of the molecule is Cc1cc(C)c2nc(N(Cc3cccnc3)C(=O)CCSc3ccc(Cl)cc3)sc2c1. The van der Waals surface area contributed by atoms with Gasteiger partial charge in [0.15, 0.2) is 5.13 Å². The molecule has 31 heavy (non-hydrogen) atoms. The van der Waals surface area contributed by atoms with Crippen LogP contribution in [0.4, 0.5) is 5.13 Å². The highest BCUT2D eigenvalue weighted by molar-refractivity contribution is 7.99. The smallest absolute Gasteiger partial charge is 0.229 e. The van der Waals surface area contributed by atoms with E-state index >= 15 is 0 Å². The number of aryl methyl sites for hydroxylation is 2. The summed E-state index contributed by atoms with van der Waals surface area (Å²) in [5.74, 6) is 0.742. The number of hydrogen-bond donors (Lipinski definition) is 0. The van der Waals surface area contributed by atoms with Gasteiger partial charge in [0, 0.05) is 34.5 Å². The number of nitrogens with zero attached hydrogens (tertiary/aromatic N) is 3. The van der Waals surface area contributed by atoms with E-state index in [-0.39, 0.29) is 5.91 Å². The van der Waals surface area contributed by atoms with Crippen LogP contribution in [0.15, 0.2) is 65.8 Å². The summed E-state index contributed by atoms with van der Waals surface area (Å²) in [6.45, 7) is 4.60. The van der Waals surface area contributed by atoms with Crippen molar-refractivity contribution in [2.75, 3.05) is 10.7 Å². The van der Waals surface area contributed by atoms with Crippen molar-refractivity contribution in [3.8, 4) is 0 Å². The third-order valence-corrected chi connectivity index (χ3v) is 7.10. The highest BCUT2D eigenvalue weighted by Gasteiger charge is 2.21. The van der Waals surface area contributed by atoms with Crippen molar-refractivity contribution in [1.29, 1.82) is 0 Å². The predicted molar refractivity (Wildman–Crippen MR) is 131 cm³/mol. The summed E-state index contributed by atoms with van der Waals surface area (Å²) in [5.41, 5.74) is 4.27. The number of halogens is 1. The van der Waals surface area contributed by atoms with E-state index in [2.05, 4.69) is 31.0 Å². The summed E-state index contributed by atoms with van der Waals surface area (Å²) in [4.78, 5) is 25.2. The number of aromatic nitrogens is 2. The lowest BCUT2D eigenvalue weighted by Gasteiger charge is -2.20. The molecule has 2 aromatic carbocycles. The van der Waals surface area contributed by atoms with E-state index in [1.165, 1.54) is 5.56 Å². The summed E-state index contributed by atoms with van der Waals surface area (Å²) in [6.07, 6.45) is 3.95. The van der Waals surface area contributed by atoms with Crippen LogP contribution >= 0.6 is 34.7 Å². The fourth-order valence-corrected chi connectivity index (χ4v) is 5.46. The van der Waals surface area contributed by atoms with E-state index in [1.54, 1.807) is 40.4 Å². The molecule has 0 spiro atoms. The van der Waals surface area contributed by atoms with Crippen LogP contribution in [0.2, 0.25) is 5.02 Å². The molecule has 0 bridgehead atoms. The first-order chi connectivity index (χ1) is 15.0. The Hall–Kier alpha value is -2.41. The molecule has 0 unspecified atom stereocenters. The number of pyridine rings is 1. The normalized spacial score (nSPS) is 11.1. The molecule has 0 saturated carbocycles. The molecule has 2 heterocycles. The van der Waals surface area contributed by atoms with Crippen molar-refractivity contribution in [1.82, 2.24) is 9.97 Å². The zero-order valence-electron chi connectivity index (χ0n) is 17.3. The third kappa shape index (κ3) is 5.45. The van der Waals surface area contributed by atoms with Crippen molar-refractivity contribution < 1.29 is 4.79 Å². The number of fused-ring (bicyclic) bond motifs is 1. The Kier molecular flexibility index (Phi) is 6.90. The first-order valence-electron chi connectivity index (χ1n) is 9.95. The van der Waals surface area contributed by atoms with Crippen LogP contribution in [0, 0.1) is 13.8 Å². The molecule has 4 rings (SSSR count). The summed E-state index contributed by atoms with van der Waals surface area (Å²) in [6, 6.07) is 15.8. The molecule has 0 saturated heterocycles. The van der Waals surface area contributed by atoms with Gasteiger partial charge in [0.25, 0.3) is 0 Å². The van der Waals surface area contributed by atoms with E-state index in [4.69, 9.17) is 16.6 Å². The Bertz CT molecular complexity index is 1190. The van der Waals surface area contributed by atoms with Gasteiger partial charge in [0.2, 0.25) is 5.91 Å². The molecule has 2 aromatic heterocycles. The molecule has 1 amide bonds. The number of amides is 1. The van der Waals surface area contributed by atoms with Gasteiger partial charge in [-0.1, -0.05) is 35.1 Å². The van der Waals surface area contributed by atoms with E-state index in [0.717, 1.165) is 31.4 Å². The van der Waals surface area contributed by atoms with E-state index < -0.39 is 0 Å². The van der Waals surface area contributed by atoms with Gasteiger partial charge in [-0.25, -0.2) is 4.98 Å². The minimum atomic E-state index is 0.0544. The lowest BCUT2D eigenvalue weighted by Crippen LogP contribution is -2.30. The van der Waals surface area contributed by atoms with Crippen LogP contribution in [-0.4, -0.2) is 21.6 Å². The van der Waals surface area contributed by atoms with Gasteiger partial charge in [0.1, 0.15) is 0 Å². The van der Waals surface area contributed by atoms with Gasteiger partial charge in [-0.15, -0.1) is 11.8 Å². The molecule has 158 valence electrons. The summed E-state index contributed by atoms with van der Waals surface area (Å²) >= 11 is 9.17. The number of carbonyl (C=O) groups excluding carboxylic acids is 1. The molecule has 0 aliphatic carbocycles. The van der Waals surface area contributed by atoms with Crippen molar-refractivity contribution in [3.63, 3.8) is 0 Å². The van der Waals surface area contributed by atoms with E-state index in [9.17, 15) is 4.79 Å². The van der Waals surface area contributed by atoms with Crippen LogP contribution in [0.25, 0.3) is 10.2 Å². The zero-order valence-corrected chi connectivity index (χ0v) is 19.7. The third-order valence-electron chi connectivity index (χ3n) is 4.81. The Labute approximate surface area is 195 Å². The number of anilines is 1. The van der Waals surface area contributed by atoms with Crippen LogP contribution in [-0.2, 0) is 11.3 Å². The van der Waals surface area contributed by atoms with Crippen LogP contribution < -0.4 is 4.90 Å². The first-order valence-corrected chi connectivity index (χ1v) is 12.1. The molecular weight excluding hydrogens is 446 g/mol. The number of benzene rings is 2. The molecule has 0 N–H and O–H groups in total. The molecule has 0 radical (unpaired) electrons. The van der Waals surface area contributed by atoms with Crippen LogP contribution in [0.3, 0.4) is 0 Å². The summed E-state index contributed by atoms with van der Waals surface area (Å²) < 4.78 is 1.10. The lowest BCUT2D eigenvalue weighted by atomic mass is 10.1. The highest BCUT2D eigenvalue weighted by Crippen LogP contribution is 2.33. The molecule has 4 aromatic rings. The largest absolute Gasteiger partial charge is 0.284 e. The van der Waals surface area contributed by atoms with Crippen molar-refractivity contribution in [3.05, 3.63) is 82.6 Å². The quantitative estimate of drug-likeness (QED) is 0.284. The van der Waals surface area contributed by atoms with Gasteiger partial charge < -0.3 is 0 Å². The summed E-state index contributed by atoms with van der Waals surface area (Å²) in [7, 11) is 0. The van der Waals surface area contributed by atoms with Crippen molar-refractivity contribution >= 4 is 56.0 Å². The average Bonchev–Trinajstić information content (AvgIpc) is 3.18. The lowest BCUT2D eigenvalue weighted by molar-refractivity contribution is -0.118. The van der Waals surface area contributed by atoms with E-state index in [1.807, 2.05) is 36.4 Å². The van der Waals surface area contributed by atoms with Crippen molar-refractivity contribution in [2.45, 2.75) is 31.7 Å². The molecular formula is C24H22ClN3OS2. The second-order valence-corrected chi connectivity index (χ2v) is 9.93. The first kappa shape index (κ1) is 21.8. The topological polar surface area (TPSA) is 46.1 Å². The molecule has 0 fully saturated rings. The van der Waals surface area contributed by atoms with Gasteiger partial charge >= 0.3 is 0 Å². The molecule has 7 heteroatoms. The summed E-state index contributed by atoms with van der Waals surface area (Å²) in [5, 5.41) is 1.44. The zero-order chi connectivity index (χ0) is 21.8. The highest BCUT2D eigenvalue weighted by atomic mass is 35.5. The molecule has 4 nitrogen and oxygen atoms in total. The number of rotatable bonds is 7. The number of carbonyl (C=O) groups is 1. The number of hydrogen-bond acceptors (Lipinski definition) is 5. The van der Waals surface area contributed by atoms with Crippen molar-refractivity contribution in [2.24, 2.45) is 0 Å². The van der Waals surface area contributed by atoms with Gasteiger partial charge in [-0.3, -0.25) is 14.7 Å². The van der Waals surface area contributed by atoms with Gasteiger partial charge in [-0.05, 0) is 66.9 Å². The Morgan fingerprint density at radius 3 is 2.71 bits per heavy atom. The minimum absolute atomic E-state index is 0.0544. The van der Waals surface area contributed by atoms with E-state index in [0.29, 0.717) is 23.7 Å². The Morgan fingerprint density at radius 1 is 1.16 bits per heavy atom. The maximum Gasteiger partial charge on any atom is 0.229 e. The maximum absolute atomic E-state index is 13.3. The minimum Gasteiger partial charge on any atom is -0.284 e. The number of thioether (sulfide) groups is 1. The monoisotopic (exact) mass is 467 g/mol. The second-order valence-electron chi connectivity index (χ2n) is 7.32. The fraction of sp³-hybridized carbons (Fsp3) is 0.208. The van der Waals surface area contributed by atoms with Crippen LogP contribution in [0.1, 0.15) is 23.1 Å². The number of thiazole rings is 1. The Balaban J connectivity index is 1.55. The Morgan fingerprint density at radius 2 is 1.97 bits per heavy atom. The van der Waals surface area contributed by atoms with Gasteiger partial charge in [-0.2, -0.15) is 0 Å². The second kappa shape index (κ2) is 9.81. The maximum atomic E-state index is 13.3. The standard InChI is InChI=1S/C24H22ClN3OS2/c1-16-12-17(2)23-21(13-16)31-24(27-23)28(15-18-4-3-10-26-14-18)22(29)9-11-30-20-7-5-19(25)6-8-20/h3-8,10,12-14H,9,11,15H2,1-2H3. The molecule has 0 atom stereocenters. The predicted octanol–water partition coefficient (Wildman–Crippen LogP) is 6.68. The average molecular weight is 468 g/mol. The van der Waals surface area contributed by atoms with Gasteiger partial charge in [0.05, 0.1) is 16.8 Å². The fourth-order valence-electron chi connectivity index (χ4n) is 3.33. The molecule has 0 aliphatic heterocycles. The van der Waals surface area contributed by atoms with Crippen LogP contribution in [0.5, 0.6) is 0 Å².